The predicted molar refractivity (Wildman–Crippen MR) is 111 cm³/mol. The quantitative estimate of drug-likeness (QED) is 0.654. The van der Waals surface area contributed by atoms with Crippen molar-refractivity contribution < 1.29 is 28.6 Å². The fraction of sp³-hybridized carbons (Fsp3) is 0.857. The van der Waals surface area contributed by atoms with Crippen LogP contribution in [0, 0.1) is 5.92 Å². The second-order valence-electron chi connectivity index (χ2n) is 8.99. The van der Waals surface area contributed by atoms with E-state index in [9.17, 15) is 14.4 Å². The summed E-state index contributed by atoms with van der Waals surface area (Å²) in [5, 5.41) is 2.75. The zero-order chi connectivity index (χ0) is 22.1. The molecule has 2 heterocycles. The van der Waals surface area contributed by atoms with Crippen LogP contribution in [0.1, 0.15) is 52.9 Å². The zero-order valence-corrected chi connectivity index (χ0v) is 18.8. The number of nitrogens with zero attached hydrogens (tertiary/aromatic N) is 2. The van der Waals surface area contributed by atoms with E-state index in [1.54, 1.807) is 9.80 Å². The van der Waals surface area contributed by atoms with Gasteiger partial charge in [-0.25, -0.2) is 9.59 Å². The number of carbonyl (C=O) groups excluding carboxylic acids is 3. The average Bonchev–Trinajstić information content (AvgIpc) is 2.71. The van der Waals surface area contributed by atoms with Crippen LogP contribution in [0.3, 0.4) is 0 Å². The number of esters is 1. The molecule has 9 nitrogen and oxygen atoms in total. The summed E-state index contributed by atoms with van der Waals surface area (Å²) in [5.74, 6) is 0.114. The van der Waals surface area contributed by atoms with Gasteiger partial charge in [0.15, 0.2) is 0 Å². The molecule has 3 amide bonds. The summed E-state index contributed by atoms with van der Waals surface area (Å²) in [5.41, 5.74) is -0.468. The van der Waals surface area contributed by atoms with E-state index in [2.05, 4.69) is 10.1 Å². The Kier molecular flexibility index (Phi) is 9.20. The zero-order valence-electron chi connectivity index (χ0n) is 18.8. The van der Waals surface area contributed by atoms with Gasteiger partial charge in [0.1, 0.15) is 5.60 Å². The van der Waals surface area contributed by atoms with Crippen LogP contribution in [0.4, 0.5) is 9.59 Å². The number of piperidine rings is 2. The summed E-state index contributed by atoms with van der Waals surface area (Å²) in [4.78, 5) is 38.9. The highest BCUT2D eigenvalue weighted by Gasteiger charge is 2.28. The Morgan fingerprint density at radius 1 is 0.967 bits per heavy atom. The van der Waals surface area contributed by atoms with Crippen LogP contribution in [0.5, 0.6) is 0 Å². The molecule has 0 aromatic rings. The fourth-order valence-electron chi connectivity index (χ4n) is 3.59. The van der Waals surface area contributed by atoms with Gasteiger partial charge in [-0.15, -0.1) is 0 Å². The second kappa shape index (κ2) is 11.4. The van der Waals surface area contributed by atoms with Crippen molar-refractivity contribution >= 4 is 18.1 Å². The topological polar surface area (TPSA) is 97.4 Å². The molecule has 0 unspecified atom stereocenters. The first-order chi connectivity index (χ1) is 14.2. The number of nitrogens with one attached hydrogen (secondary N) is 1. The maximum Gasteiger partial charge on any atom is 0.410 e. The average molecular weight is 428 g/mol. The number of methoxy groups -OCH3 is 1. The van der Waals surface area contributed by atoms with Gasteiger partial charge in [-0.2, -0.15) is 0 Å². The first-order valence-electron chi connectivity index (χ1n) is 10.9. The van der Waals surface area contributed by atoms with Gasteiger partial charge in [0.05, 0.1) is 19.6 Å². The number of carbonyl (C=O) groups is 3. The molecule has 0 atom stereocenters. The van der Waals surface area contributed by atoms with E-state index >= 15 is 0 Å². The SMILES string of the molecule is COC(=O)CCNC(=O)N1CCC(OCC2CCN(C(=O)OC(C)(C)C)CC2)CC1. The first kappa shape index (κ1) is 24.2. The summed E-state index contributed by atoms with van der Waals surface area (Å²) in [6.07, 6.45) is 3.55. The van der Waals surface area contributed by atoms with Crippen LogP contribution in [0.25, 0.3) is 0 Å². The van der Waals surface area contributed by atoms with Crippen LogP contribution in [0.2, 0.25) is 0 Å². The molecule has 2 aliphatic heterocycles. The molecule has 0 aromatic carbocycles. The molecule has 1 N–H and O–H groups in total. The number of likely N-dealkylation sites (tertiary alicyclic amines) is 2. The molecule has 0 bridgehead atoms. The Bertz CT molecular complexity index is 576. The van der Waals surface area contributed by atoms with Crippen molar-refractivity contribution in [2.24, 2.45) is 5.92 Å². The molecule has 0 saturated carbocycles. The number of hydrogen-bond donors (Lipinski definition) is 1. The van der Waals surface area contributed by atoms with Gasteiger partial charge in [0.2, 0.25) is 0 Å². The highest BCUT2D eigenvalue weighted by Crippen LogP contribution is 2.22. The fourth-order valence-corrected chi connectivity index (χ4v) is 3.59. The second-order valence-corrected chi connectivity index (χ2v) is 8.99. The Morgan fingerprint density at radius 3 is 2.13 bits per heavy atom. The minimum atomic E-state index is -0.468. The lowest BCUT2D eigenvalue weighted by atomic mass is 9.98. The Morgan fingerprint density at radius 2 is 1.57 bits per heavy atom. The Labute approximate surface area is 179 Å². The van der Waals surface area contributed by atoms with Crippen LogP contribution in [-0.2, 0) is 19.0 Å². The summed E-state index contributed by atoms with van der Waals surface area (Å²) in [6.45, 7) is 9.30. The maximum absolute atomic E-state index is 12.1. The van der Waals surface area contributed by atoms with E-state index in [1.807, 2.05) is 20.8 Å². The molecule has 2 fully saturated rings. The maximum atomic E-state index is 12.1. The molecule has 2 rings (SSSR count). The summed E-state index contributed by atoms with van der Waals surface area (Å²) >= 11 is 0. The van der Waals surface area contributed by atoms with E-state index < -0.39 is 5.60 Å². The van der Waals surface area contributed by atoms with Gasteiger partial charge < -0.3 is 29.3 Å². The number of urea groups is 1. The Hall–Kier alpha value is -2.03. The normalized spacial score (nSPS) is 18.8. The van der Waals surface area contributed by atoms with Crippen molar-refractivity contribution in [2.45, 2.75) is 64.6 Å². The van der Waals surface area contributed by atoms with E-state index in [0.29, 0.717) is 38.7 Å². The van der Waals surface area contributed by atoms with Crippen molar-refractivity contribution in [3.63, 3.8) is 0 Å². The molecule has 2 aliphatic rings. The highest BCUT2D eigenvalue weighted by atomic mass is 16.6. The lowest BCUT2D eigenvalue weighted by molar-refractivity contribution is -0.140. The largest absolute Gasteiger partial charge is 0.469 e. The number of hydrogen-bond acceptors (Lipinski definition) is 6. The molecule has 0 aromatic heterocycles. The molecule has 0 aliphatic carbocycles. The van der Waals surface area contributed by atoms with E-state index in [0.717, 1.165) is 25.7 Å². The summed E-state index contributed by atoms with van der Waals surface area (Å²) < 4.78 is 16.1. The molecular weight excluding hydrogens is 390 g/mol. The van der Waals surface area contributed by atoms with E-state index in [-0.39, 0.29) is 37.2 Å². The lowest BCUT2D eigenvalue weighted by Gasteiger charge is -2.35. The molecule has 30 heavy (non-hydrogen) atoms. The van der Waals surface area contributed by atoms with Gasteiger partial charge in [-0.3, -0.25) is 4.79 Å². The van der Waals surface area contributed by atoms with E-state index in [4.69, 9.17) is 9.47 Å². The smallest absolute Gasteiger partial charge is 0.410 e. The van der Waals surface area contributed by atoms with Gasteiger partial charge in [-0.05, 0) is 52.4 Å². The summed E-state index contributed by atoms with van der Waals surface area (Å²) in [6, 6.07) is -0.146. The third-order valence-electron chi connectivity index (χ3n) is 5.40. The third-order valence-corrected chi connectivity index (χ3v) is 5.40. The van der Waals surface area contributed by atoms with E-state index in [1.165, 1.54) is 7.11 Å². The molecule has 9 heteroatoms. The van der Waals surface area contributed by atoms with Gasteiger partial charge in [0, 0.05) is 39.3 Å². The minimum Gasteiger partial charge on any atom is -0.469 e. The van der Waals surface area contributed by atoms with Crippen molar-refractivity contribution in [1.82, 2.24) is 15.1 Å². The summed E-state index contributed by atoms with van der Waals surface area (Å²) in [7, 11) is 1.33. The van der Waals surface area contributed by atoms with Crippen molar-refractivity contribution in [3.8, 4) is 0 Å². The van der Waals surface area contributed by atoms with Crippen LogP contribution < -0.4 is 5.32 Å². The molecule has 172 valence electrons. The van der Waals surface area contributed by atoms with Crippen LogP contribution >= 0.6 is 0 Å². The number of amides is 3. The molecule has 0 radical (unpaired) electrons. The van der Waals surface area contributed by atoms with Crippen molar-refractivity contribution in [1.29, 1.82) is 0 Å². The standard InChI is InChI=1S/C21H37N3O6/c1-21(2,3)30-20(27)24-11-6-16(7-12-24)15-29-17-8-13-23(14-9-17)19(26)22-10-5-18(25)28-4/h16-17H,5-15H2,1-4H3,(H,22,26). The minimum absolute atomic E-state index is 0.146. The Balaban J connectivity index is 1.59. The number of ether oxygens (including phenoxy) is 3. The monoisotopic (exact) mass is 427 g/mol. The molecular formula is C21H37N3O6. The van der Waals surface area contributed by atoms with Crippen LogP contribution in [0.15, 0.2) is 0 Å². The molecule has 0 spiro atoms. The van der Waals surface area contributed by atoms with Gasteiger partial charge in [-0.1, -0.05) is 0 Å². The predicted octanol–water partition coefficient (Wildman–Crippen LogP) is 2.39. The lowest BCUT2D eigenvalue weighted by Crippen LogP contribution is -2.46. The molecule has 2 saturated heterocycles. The first-order valence-corrected chi connectivity index (χ1v) is 10.9. The van der Waals surface area contributed by atoms with Gasteiger partial charge >= 0.3 is 18.1 Å². The third kappa shape index (κ3) is 8.38. The van der Waals surface area contributed by atoms with Gasteiger partial charge in [0.25, 0.3) is 0 Å². The van der Waals surface area contributed by atoms with Crippen molar-refractivity contribution in [3.05, 3.63) is 0 Å². The van der Waals surface area contributed by atoms with Crippen molar-refractivity contribution in [2.75, 3.05) is 46.4 Å². The van der Waals surface area contributed by atoms with Crippen LogP contribution in [-0.4, -0.2) is 86.0 Å². The highest BCUT2D eigenvalue weighted by molar-refractivity contribution is 5.75. The number of rotatable bonds is 6.